The molecule has 1 fully saturated rings. The Balaban J connectivity index is 1.56. The van der Waals surface area contributed by atoms with Gasteiger partial charge >= 0.3 is 6.18 Å². The van der Waals surface area contributed by atoms with Crippen molar-refractivity contribution in [3.05, 3.63) is 65.6 Å². The highest BCUT2D eigenvalue weighted by atomic mass is 35.5. The summed E-state index contributed by atoms with van der Waals surface area (Å²) in [4.78, 5) is 21.2. The predicted molar refractivity (Wildman–Crippen MR) is 113 cm³/mol. The molecule has 4 aromatic rings. The number of fused-ring (bicyclic) bond motifs is 1. The number of rotatable bonds is 5. The molecule has 0 N–H and O–H groups in total. The van der Waals surface area contributed by atoms with Gasteiger partial charge in [0.05, 0.1) is 28.3 Å². The number of carbonyl (C=O) groups is 1. The topological polar surface area (TPSA) is 63.4 Å². The number of imidazole rings is 1. The molecule has 0 saturated heterocycles. The second-order valence-electron chi connectivity index (χ2n) is 7.45. The first kappa shape index (κ1) is 20.4. The molecule has 162 valence electrons. The third-order valence-corrected chi connectivity index (χ3v) is 5.57. The fraction of sp³-hybridized carbons (Fsp3) is 0.182. The summed E-state index contributed by atoms with van der Waals surface area (Å²) >= 11 is 6.31. The van der Waals surface area contributed by atoms with E-state index in [2.05, 4.69) is 15.1 Å². The molecule has 1 aliphatic carbocycles. The van der Waals surface area contributed by atoms with E-state index in [1.807, 2.05) is 0 Å². The summed E-state index contributed by atoms with van der Waals surface area (Å²) in [5.41, 5.74) is 1.34. The van der Waals surface area contributed by atoms with Crippen LogP contribution in [0.4, 0.5) is 18.9 Å². The summed E-state index contributed by atoms with van der Waals surface area (Å²) in [5.74, 6) is 0. The van der Waals surface area contributed by atoms with Gasteiger partial charge in [-0.25, -0.2) is 9.50 Å². The summed E-state index contributed by atoms with van der Waals surface area (Å²) in [7, 11) is 0. The fourth-order valence-electron chi connectivity index (χ4n) is 3.56. The van der Waals surface area contributed by atoms with E-state index >= 15 is 0 Å². The number of carbonyl (C=O) groups excluding carboxylic acids is 1. The van der Waals surface area contributed by atoms with Gasteiger partial charge in [0.2, 0.25) is 6.41 Å². The summed E-state index contributed by atoms with van der Waals surface area (Å²) in [6.45, 7) is 0. The zero-order valence-electron chi connectivity index (χ0n) is 16.4. The molecule has 0 unspecified atom stereocenters. The van der Waals surface area contributed by atoms with E-state index in [0.29, 0.717) is 27.6 Å². The van der Waals surface area contributed by atoms with Crippen LogP contribution in [-0.2, 0) is 11.0 Å². The van der Waals surface area contributed by atoms with Crippen LogP contribution in [0.3, 0.4) is 0 Å². The van der Waals surface area contributed by atoms with Gasteiger partial charge in [0.15, 0.2) is 11.3 Å². The number of hydrogen-bond acceptors (Lipinski definition) is 4. The third-order valence-electron chi connectivity index (χ3n) is 5.25. The Hall–Kier alpha value is -3.46. The van der Waals surface area contributed by atoms with Gasteiger partial charge < -0.3 is 4.90 Å². The average molecular weight is 458 g/mol. The first-order chi connectivity index (χ1) is 15.3. The standard InChI is InChI=1S/C22H15ClF3N5O/c23-16-6-3-13(10-19(16)30(12-32)14-4-5-14)18-11-31-20(28-18)8-7-17(29-31)15-2-1-9-27-21(15)22(24,25)26/h1-3,6-12,14H,4-5H2. The maximum absolute atomic E-state index is 13.4. The maximum atomic E-state index is 13.4. The molecule has 1 amide bonds. The molecule has 0 spiro atoms. The Morgan fingerprint density at radius 2 is 1.94 bits per heavy atom. The first-order valence-corrected chi connectivity index (χ1v) is 10.2. The first-order valence-electron chi connectivity index (χ1n) is 9.78. The van der Waals surface area contributed by atoms with Crippen molar-refractivity contribution in [2.45, 2.75) is 25.1 Å². The molecular formula is C22H15ClF3N5O. The van der Waals surface area contributed by atoms with E-state index in [-0.39, 0.29) is 17.3 Å². The van der Waals surface area contributed by atoms with Crippen molar-refractivity contribution in [1.82, 2.24) is 19.6 Å². The molecule has 6 nitrogen and oxygen atoms in total. The van der Waals surface area contributed by atoms with Crippen molar-refractivity contribution in [3.63, 3.8) is 0 Å². The largest absolute Gasteiger partial charge is 0.434 e. The number of amides is 1. The van der Waals surface area contributed by atoms with Crippen LogP contribution in [0.2, 0.25) is 5.02 Å². The molecule has 32 heavy (non-hydrogen) atoms. The van der Waals surface area contributed by atoms with Gasteiger partial charge in [0.1, 0.15) is 0 Å². The highest BCUT2D eigenvalue weighted by molar-refractivity contribution is 6.33. The third kappa shape index (κ3) is 3.69. The average Bonchev–Trinajstić information content (AvgIpc) is 3.52. The lowest BCUT2D eigenvalue weighted by atomic mass is 10.1. The Morgan fingerprint density at radius 1 is 1.12 bits per heavy atom. The van der Waals surface area contributed by atoms with Gasteiger partial charge in [-0.2, -0.15) is 18.3 Å². The van der Waals surface area contributed by atoms with Gasteiger partial charge in [0, 0.05) is 23.4 Å². The number of nitrogens with zero attached hydrogens (tertiary/aromatic N) is 5. The minimum Gasteiger partial charge on any atom is -0.310 e. The van der Waals surface area contributed by atoms with Crippen LogP contribution in [-0.4, -0.2) is 32.0 Å². The number of pyridine rings is 1. The van der Waals surface area contributed by atoms with Crippen molar-refractivity contribution in [2.24, 2.45) is 0 Å². The van der Waals surface area contributed by atoms with Crippen LogP contribution in [0.25, 0.3) is 28.2 Å². The van der Waals surface area contributed by atoms with Gasteiger partial charge in [-0.05, 0) is 49.2 Å². The number of aromatic nitrogens is 4. The zero-order valence-corrected chi connectivity index (χ0v) is 17.2. The van der Waals surface area contributed by atoms with Crippen LogP contribution >= 0.6 is 11.6 Å². The van der Waals surface area contributed by atoms with Gasteiger partial charge in [-0.3, -0.25) is 9.78 Å². The van der Waals surface area contributed by atoms with Crippen molar-refractivity contribution >= 4 is 29.3 Å². The molecule has 5 rings (SSSR count). The minimum atomic E-state index is -4.60. The molecule has 1 aromatic carbocycles. The van der Waals surface area contributed by atoms with E-state index in [0.717, 1.165) is 25.4 Å². The molecular weight excluding hydrogens is 443 g/mol. The lowest BCUT2D eigenvalue weighted by Crippen LogP contribution is -2.23. The molecule has 10 heteroatoms. The molecule has 0 bridgehead atoms. The molecule has 3 aromatic heterocycles. The van der Waals surface area contributed by atoms with Crippen molar-refractivity contribution in [2.75, 3.05) is 4.90 Å². The molecule has 0 atom stereocenters. The number of anilines is 1. The smallest absolute Gasteiger partial charge is 0.310 e. The van der Waals surface area contributed by atoms with E-state index < -0.39 is 11.9 Å². The summed E-state index contributed by atoms with van der Waals surface area (Å²) in [5, 5.41) is 4.77. The van der Waals surface area contributed by atoms with Gasteiger partial charge in [-0.15, -0.1) is 0 Å². The zero-order chi connectivity index (χ0) is 22.5. The molecule has 0 radical (unpaired) electrons. The van der Waals surface area contributed by atoms with Crippen LogP contribution < -0.4 is 4.90 Å². The Morgan fingerprint density at radius 3 is 2.66 bits per heavy atom. The molecule has 3 heterocycles. The van der Waals surface area contributed by atoms with Crippen LogP contribution in [0.15, 0.2) is 54.9 Å². The lowest BCUT2D eigenvalue weighted by molar-refractivity contribution is -0.140. The quantitative estimate of drug-likeness (QED) is 0.384. The molecule has 1 saturated carbocycles. The van der Waals surface area contributed by atoms with Crippen molar-refractivity contribution in [1.29, 1.82) is 0 Å². The lowest BCUT2D eigenvalue weighted by Gasteiger charge is -2.18. The number of alkyl halides is 3. The van der Waals surface area contributed by atoms with E-state index in [1.165, 1.54) is 22.7 Å². The number of hydrogen-bond donors (Lipinski definition) is 0. The number of halogens is 4. The summed E-state index contributed by atoms with van der Waals surface area (Å²) in [6.07, 6.45) is 0.745. The van der Waals surface area contributed by atoms with E-state index in [9.17, 15) is 18.0 Å². The van der Waals surface area contributed by atoms with E-state index in [1.54, 1.807) is 35.4 Å². The SMILES string of the molecule is O=CN(c1cc(-c2cn3nc(-c4cccnc4C(F)(F)F)ccc3n2)ccc1Cl)C1CC1. The fourth-order valence-corrected chi connectivity index (χ4v) is 3.78. The Bertz CT molecular complexity index is 1330. The Labute approximate surface area is 185 Å². The molecule has 0 aliphatic heterocycles. The second kappa shape index (κ2) is 7.59. The highest BCUT2D eigenvalue weighted by Crippen LogP contribution is 2.37. The van der Waals surface area contributed by atoms with Crippen LogP contribution in [0.1, 0.15) is 18.5 Å². The van der Waals surface area contributed by atoms with Crippen LogP contribution in [0.5, 0.6) is 0 Å². The number of benzene rings is 1. The Kier molecular flexibility index (Phi) is 4.85. The second-order valence-corrected chi connectivity index (χ2v) is 7.86. The summed E-state index contributed by atoms with van der Waals surface area (Å²) in [6, 6.07) is 11.2. The van der Waals surface area contributed by atoms with Crippen LogP contribution in [0, 0.1) is 0 Å². The maximum Gasteiger partial charge on any atom is 0.434 e. The minimum absolute atomic E-state index is 0.114. The van der Waals surface area contributed by atoms with Crippen molar-refractivity contribution < 1.29 is 18.0 Å². The normalized spacial score (nSPS) is 14.0. The summed E-state index contributed by atoms with van der Waals surface area (Å²) < 4.78 is 41.5. The molecule has 1 aliphatic rings. The predicted octanol–water partition coefficient (Wildman–Crippen LogP) is 5.26. The van der Waals surface area contributed by atoms with Crippen molar-refractivity contribution in [3.8, 4) is 22.5 Å². The monoisotopic (exact) mass is 457 g/mol. The van der Waals surface area contributed by atoms with E-state index in [4.69, 9.17) is 11.6 Å². The van der Waals surface area contributed by atoms with Gasteiger partial charge in [-0.1, -0.05) is 17.7 Å². The van der Waals surface area contributed by atoms with Gasteiger partial charge in [0.25, 0.3) is 0 Å². The highest BCUT2D eigenvalue weighted by Gasteiger charge is 2.36.